The topological polar surface area (TPSA) is 237 Å². The minimum atomic E-state index is -4.96. The Balaban J connectivity index is 5.28. The average Bonchev–Trinajstić information content (AvgIpc) is 3.70. The number of hydrogen-bond acceptors (Lipinski definition) is 15. The number of carbonyl (C=O) groups is 4. The summed E-state index contributed by atoms with van der Waals surface area (Å²) in [6.07, 6.45) is 44.0. The molecule has 87 heavy (non-hydrogen) atoms. The van der Waals surface area contributed by atoms with Crippen molar-refractivity contribution in [3.8, 4) is 0 Å². The van der Waals surface area contributed by atoms with Gasteiger partial charge in [0.15, 0.2) is 12.2 Å². The average molecular weight is 1280 g/mol. The summed E-state index contributed by atoms with van der Waals surface area (Å²) in [5.74, 6) is -0.00353. The number of phosphoric ester groups is 2. The first-order chi connectivity index (χ1) is 41.8. The lowest BCUT2D eigenvalue weighted by molar-refractivity contribution is -0.161. The Morgan fingerprint density at radius 1 is 0.379 bits per heavy atom. The molecule has 512 valence electrons. The number of carbonyl (C=O) groups excluding carboxylic acids is 4. The van der Waals surface area contributed by atoms with Crippen molar-refractivity contribution in [1.82, 2.24) is 0 Å². The SMILES string of the molecule is CCCCCC/C=C\C=C/CCCCCCCC(=O)OC[C@H](COP(=O)(O)OC[C@@H](O)COP(=O)(O)OC[C@@H](COC(=O)CCCCCCCCC(C)CC)OC(=O)CCCCCCCCCCC(C)C)OC(=O)CCCCCCCCCCC(C)C. The number of aliphatic hydroxyl groups is 1. The van der Waals surface area contributed by atoms with Crippen molar-refractivity contribution >= 4 is 39.5 Å². The fourth-order valence-electron chi connectivity index (χ4n) is 9.61. The van der Waals surface area contributed by atoms with Crippen molar-refractivity contribution in [2.45, 2.75) is 330 Å². The fraction of sp³-hybridized carbons (Fsp3) is 0.882. The van der Waals surface area contributed by atoms with Crippen LogP contribution in [0.1, 0.15) is 312 Å². The van der Waals surface area contributed by atoms with Gasteiger partial charge in [-0.1, -0.05) is 259 Å². The van der Waals surface area contributed by atoms with Crippen LogP contribution in [0.4, 0.5) is 0 Å². The first-order valence-corrected chi connectivity index (χ1v) is 37.7. The summed E-state index contributed by atoms with van der Waals surface area (Å²) in [5.41, 5.74) is 0. The van der Waals surface area contributed by atoms with Crippen LogP contribution < -0.4 is 0 Å². The van der Waals surface area contributed by atoms with E-state index in [-0.39, 0.29) is 25.7 Å². The van der Waals surface area contributed by atoms with E-state index < -0.39 is 97.5 Å². The Labute approximate surface area is 529 Å². The molecule has 0 aromatic heterocycles. The summed E-state index contributed by atoms with van der Waals surface area (Å²) in [6, 6.07) is 0. The fourth-order valence-corrected chi connectivity index (χ4v) is 11.2. The summed E-state index contributed by atoms with van der Waals surface area (Å²) in [4.78, 5) is 72.4. The lowest BCUT2D eigenvalue weighted by Gasteiger charge is -2.21. The van der Waals surface area contributed by atoms with Crippen molar-refractivity contribution in [2.24, 2.45) is 17.8 Å². The number of hydrogen-bond donors (Lipinski definition) is 3. The zero-order valence-electron chi connectivity index (χ0n) is 56.0. The first-order valence-electron chi connectivity index (χ1n) is 34.7. The summed E-state index contributed by atoms with van der Waals surface area (Å²) in [7, 11) is -9.91. The van der Waals surface area contributed by atoms with Crippen LogP contribution in [0.3, 0.4) is 0 Å². The van der Waals surface area contributed by atoms with Gasteiger partial charge in [-0.2, -0.15) is 0 Å². The molecule has 6 atom stereocenters. The standard InChI is InChI=1S/C68H128O17P2/c1-8-10-11-12-13-14-15-16-17-18-19-20-27-35-42-49-65(70)78-55-63(84-67(72)51-44-37-28-23-21-25-32-39-46-59(3)4)57-82-86(74,75)80-53-62(69)54-81-87(76,77)83-58-64(56-79-66(71)50-43-36-31-30-34-41-48-61(7)9-2)85-68(73)52-45-38-29-24-22-26-33-40-47-60(5)6/h14-17,59-64,69H,8-13,18-58H2,1-7H3,(H,74,75)(H,76,77)/b15-14-,17-16-/t61?,62-,63-,64-/m1/s1. The van der Waals surface area contributed by atoms with E-state index in [0.29, 0.717) is 37.5 Å². The van der Waals surface area contributed by atoms with E-state index in [2.05, 4.69) is 72.8 Å². The number of rotatable bonds is 64. The second-order valence-electron chi connectivity index (χ2n) is 25.1. The summed E-state index contributed by atoms with van der Waals surface area (Å²) in [6.45, 7) is 11.6. The second kappa shape index (κ2) is 58.6. The highest BCUT2D eigenvalue weighted by molar-refractivity contribution is 7.47. The Hall–Kier alpha value is -2.46. The van der Waals surface area contributed by atoms with Crippen molar-refractivity contribution in [2.75, 3.05) is 39.6 Å². The number of ether oxygens (including phenoxy) is 4. The Morgan fingerprint density at radius 2 is 0.678 bits per heavy atom. The van der Waals surface area contributed by atoms with Gasteiger partial charge < -0.3 is 33.8 Å². The van der Waals surface area contributed by atoms with Gasteiger partial charge in [-0.3, -0.25) is 37.3 Å². The molecule has 3 N–H and O–H groups in total. The maximum Gasteiger partial charge on any atom is 0.472 e. The number of allylic oxidation sites excluding steroid dienone is 4. The Bertz CT molecular complexity index is 1810. The number of esters is 4. The van der Waals surface area contributed by atoms with Crippen molar-refractivity contribution in [1.29, 1.82) is 0 Å². The van der Waals surface area contributed by atoms with Crippen molar-refractivity contribution in [3.63, 3.8) is 0 Å². The van der Waals surface area contributed by atoms with Gasteiger partial charge in [0.1, 0.15) is 19.3 Å². The molecule has 0 radical (unpaired) electrons. The highest BCUT2D eigenvalue weighted by atomic mass is 31.2. The quantitative estimate of drug-likeness (QED) is 0.0169. The predicted molar refractivity (Wildman–Crippen MR) is 349 cm³/mol. The maximum absolute atomic E-state index is 13.0. The molecule has 0 rings (SSSR count). The molecule has 0 bridgehead atoms. The summed E-state index contributed by atoms with van der Waals surface area (Å²) < 4.78 is 68.1. The minimum Gasteiger partial charge on any atom is -0.462 e. The smallest absolute Gasteiger partial charge is 0.462 e. The Kier molecular flexibility index (Phi) is 57.0. The van der Waals surface area contributed by atoms with Crippen molar-refractivity contribution < 1.29 is 80.2 Å². The largest absolute Gasteiger partial charge is 0.472 e. The van der Waals surface area contributed by atoms with Crippen LogP contribution in [-0.4, -0.2) is 96.7 Å². The number of unbranched alkanes of at least 4 members (excludes halogenated alkanes) is 28. The maximum atomic E-state index is 13.0. The van der Waals surface area contributed by atoms with Gasteiger partial charge in [-0.25, -0.2) is 9.13 Å². The van der Waals surface area contributed by atoms with E-state index in [0.717, 1.165) is 121 Å². The molecule has 0 amide bonds. The molecule has 0 saturated carbocycles. The third kappa shape index (κ3) is 60.9. The summed E-state index contributed by atoms with van der Waals surface area (Å²) in [5, 5.41) is 10.6. The number of phosphoric acid groups is 2. The van der Waals surface area contributed by atoms with Gasteiger partial charge in [0.25, 0.3) is 0 Å². The molecule has 19 heteroatoms. The normalized spacial score (nSPS) is 14.8. The monoisotopic (exact) mass is 1280 g/mol. The Morgan fingerprint density at radius 3 is 1.02 bits per heavy atom. The van der Waals surface area contributed by atoms with Crippen LogP contribution in [0.25, 0.3) is 0 Å². The predicted octanol–water partition coefficient (Wildman–Crippen LogP) is 18.6. The van der Waals surface area contributed by atoms with Crippen molar-refractivity contribution in [3.05, 3.63) is 24.3 Å². The molecule has 0 spiro atoms. The molecule has 0 fully saturated rings. The second-order valence-corrected chi connectivity index (χ2v) is 28.0. The van der Waals surface area contributed by atoms with Gasteiger partial charge in [-0.05, 0) is 69.1 Å². The van der Waals surface area contributed by atoms with E-state index >= 15 is 0 Å². The van der Waals surface area contributed by atoms with Gasteiger partial charge in [0.05, 0.1) is 26.4 Å². The molecule has 3 unspecified atom stereocenters. The molecule has 0 aromatic rings. The molecule has 0 aliphatic carbocycles. The number of aliphatic hydroxyl groups excluding tert-OH is 1. The zero-order valence-corrected chi connectivity index (χ0v) is 57.7. The molecule has 0 aliphatic heterocycles. The molecular formula is C68H128O17P2. The van der Waals surface area contributed by atoms with Crippen LogP contribution in [0.5, 0.6) is 0 Å². The lowest BCUT2D eigenvalue weighted by Crippen LogP contribution is -2.30. The van der Waals surface area contributed by atoms with Crippen LogP contribution >= 0.6 is 15.6 Å². The van der Waals surface area contributed by atoms with E-state index in [4.69, 9.17) is 37.0 Å². The molecule has 0 aromatic carbocycles. The highest BCUT2D eigenvalue weighted by Crippen LogP contribution is 2.45. The van der Waals surface area contributed by atoms with Crippen LogP contribution in [0, 0.1) is 17.8 Å². The molecule has 17 nitrogen and oxygen atoms in total. The van der Waals surface area contributed by atoms with Gasteiger partial charge in [-0.15, -0.1) is 0 Å². The van der Waals surface area contributed by atoms with E-state index in [1.165, 1.54) is 96.3 Å². The highest BCUT2D eigenvalue weighted by Gasteiger charge is 2.30. The van der Waals surface area contributed by atoms with Gasteiger partial charge >= 0.3 is 39.5 Å². The third-order valence-electron chi connectivity index (χ3n) is 15.4. The summed E-state index contributed by atoms with van der Waals surface area (Å²) >= 11 is 0. The van der Waals surface area contributed by atoms with Crippen LogP contribution in [0.15, 0.2) is 24.3 Å². The third-order valence-corrected chi connectivity index (χ3v) is 17.3. The van der Waals surface area contributed by atoms with Crippen LogP contribution in [-0.2, 0) is 65.4 Å². The molecule has 0 saturated heterocycles. The molecule has 0 aliphatic rings. The van der Waals surface area contributed by atoms with E-state index in [1.54, 1.807) is 0 Å². The van der Waals surface area contributed by atoms with Gasteiger partial charge in [0.2, 0.25) is 0 Å². The van der Waals surface area contributed by atoms with Gasteiger partial charge in [0, 0.05) is 25.7 Å². The zero-order chi connectivity index (χ0) is 64.5. The minimum absolute atomic E-state index is 0.0970. The van der Waals surface area contributed by atoms with E-state index in [1.807, 2.05) is 0 Å². The van der Waals surface area contributed by atoms with E-state index in [9.17, 15) is 43.2 Å². The lowest BCUT2D eigenvalue weighted by atomic mass is 10.00. The molecule has 0 heterocycles. The molecular weight excluding hydrogens is 1150 g/mol. The first kappa shape index (κ1) is 84.5. The van der Waals surface area contributed by atoms with Crippen LogP contribution in [0.2, 0.25) is 0 Å².